The molecule has 1 aromatic heterocycles. The van der Waals surface area contributed by atoms with E-state index in [0.29, 0.717) is 12.1 Å². The van der Waals surface area contributed by atoms with Crippen LogP contribution in [0, 0.1) is 0 Å². The lowest BCUT2D eigenvalue weighted by atomic mass is 10.0. The summed E-state index contributed by atoms with van der Waals surface area (Å²) in [5.41, 5.74) is 2.45. The Bertz CT molecular complexity index is 747. The van der Waals surface area contributed by atoms with Crippen molar-refractivity contribution in [3.8, 4) is 11.1 Å². The highest BCUT2D eigenvalue weighted by Crippen LogP contribution is 2.20. The van der Waals surface area contributed by atoms with Gasteiger partial charge in [0.25, 0.3) is 5.91 Å². The van der Waals surface area contributed by atoms with E-state index in [1.807, 2.05) is 29.2 Å². The Kier molecular flexibility index (Phi) is 5.66. The maximum absolute atomic E-state index is 12.7. The maximum atomic E-state index is 12.7. The Morgan fingerprint density at radius 2 is 1.96 bits per heavy atom. The molecule has 1 aliphatic heterocycles. The van der Waals surface area contributed by atoms with Crippen molar-refractivity contribution in [2.45, 2.75) is 32.3 Å². The number of aromatic nitrogens is 1. The zero-order chi connectivity index (χ0) is 17.6. The fourth-order valence-electron chi connectivity index (χ4n) is 3.12. The summed E-state index contributed by atoms with van der Waals surface area (Å²) in [6.45, 7) is 4.29. The van der Waals surface area contributed by atoms with Gasteiger partial charge in [0.15, 0.2) is 0 Å². The summed E-state index contributed by atoms with van der Waals surface area (Å²) in [5, 5.41) is 0. The summed E-state index contributed by atoms with van der Waals surface area (Å²) in [4.78, 5) is 28.4. The Morgan fingerprint density at radius 3 is 2.64 bits per heavy atom. The van der Waals surface area contributed by atoms with Crippen molar-refractivity contribution >= 4 is 5.91 Å². The van der Waals surface area contributed by atoms with E-state index < -0.39 is 0 Å². The van der Waals surface area contributed by atoms with Crippen LogP contribution in [0.4, 0.5) is 0 Å². The second kappa shape index (κ2) is 8.12. The molecular weight excluding hydrogens is 316 g/mol. The van der Waals surface area contributed by atoms with Crippen LogP contribution in [-0.4, -0.2) is 41.6 Å². The van der Waals surface area contributed by atoms with Crippen LogP contribution < -0.4 is 5.56 Å². The highest BCUT2D eigenvalue weighted by molar-refractivity contribution is 5.94. The molecular formula is C20H24N2O3. The lowest BCUT2D eigenvalue weighted by molar-refractivity contribution is 0.00211. The molecule has 2 aromatic rings. The predicted octanol–water partition coefficient (Wildman–Crippen LogP) is 3.07. The fourth-order valence-corrected chi connectivity index (χ4v) is 3.12. The van der Waals surface area contributed by atoms with Crippen molar-refractivity contribution in [3.05, 3.63) is 58.5 Å². The first-order chi connectivity index (χ1) is 12.2. The number of carbonyl (C=O) groups is 1. The van der Waals surface area contributed by atoms with Gasteiger partial charge in [0, 0.05) is 37.5 Å². The van der Waals surface area contributed by atoms with E-state index in [1.54, 1.807) is 12.3 Å². The van der Waals surface area contributed by atoms with E-state index in [0.717, 1.165) is 43.5 Å². The summed E-state index contributed by atoms with van der Waals surface area (Å²) in [6.07, 6.45) is 4.83. The molecule has 3 rings (SSSR count). The summed E-state index contributed by atoms with van der Waals surface area (Å²) < 4.78 is 5.81. The van der Waals surface area contributed by atoms with Gasteiger partial charge in [-0.2, -0.15) is 0 Å². The lowest BCUT2D eigenvalue weighted by Gasteiger charge is -2.32. The van der Waals surface area contributed by atoms with Crippen molar-refractivity contribution in [1.29, 1.82) is 0 Å². The molecule has 0 saturated carbocycles. The van der Waals surface area contributed by atoms with Crippen LogP contribution in [0.15, 0.2) is 47.4 Å². The van der Waals surface area contributed by atoms with Crippen molar-refractivity contribution in [1.82, 2.24) is 9.88 Å². The molecule has 2 heterocycles. The number of hydrogen-bond donors (Lipinski definition) is 1. The third kappa shape index (κ3) is 4.37. The van der Waals surface area contributed by atoms with Gasteiger partial charge in [-0.3, -0.25) is 9.59 Å². The van der Waals surface area contributed by atoms with Gasteiger partial charge in [0.05, 0.1) is 6.10 Å². The molecule has 0 aliphatic carbocycles. The molecule has 5 nitrogen and oxygen atoms in total. The molecule has 25 heavy (non-hydrogen) atoms. The number of hydrogen-bond acceptors (Lipinski definition) is 3. The van der Waals surface area contributed by atoms with E-state index in [4.69, 9.17) is 4.74 Å². The van der Waals surface area contributed by atoms with Gasteiger partial charge in [-0.15, -0.1) is 0 Å². The Morgan fingerprint density at radius 1 is 1.20 bits per heavy atom. The number of ether oxygens (including phenoxy) is 1. The Hall–Kier alpha value is -2.40. The van der Waals surface area contributed by atoms with Crippen LogP contribution in [-0.2, 0) is 4.74 Å². The standard InChI is InChI=1S/C20H24N2O3/c1-2-12-25-18-4-3-11-22(14-18)20(24)16-7-5-15(6-8-16)17-9-10-19(23)21-13-17/h5-10,13,18H,2-4,11-12,14H2,1H3,(H,21,23). The van der Waals surface area contributed by atoms with Crippen molar-refractivity contribution in [3.63, 3.8) is 0 Å². The number of nitrogens with zero attached hydrogens (tertiary/aromatic N) is 1. The molecule has 132 valence electrons. The number of rotatable bonds is 5. The molecule has 1 fully saturated rings. The number of carbonyl (C=O) groups excluding carboxylic acids is 1. The third-order valence-electron chi connectivity index (χ3n) is 4.47. The van der Waals surface area contributed by atoms with E-state index in [9.17, 15) is 9.59 Å². The quantitative estimate of drug-likeness (QED) is 0.910. The molecule has 1 amide bonds. The summed E-state index contributed by atoms with van der Waals surface area (Å²) in [5.74, 6) is 0.0535. The highest BCUT2D eigenvalue weighted by atomic mass is 16.5. The number of H-pyrrole nitrogens is 1. The number of benzene rings is 1. The molecule has 1 aromatic carbocycles. The molecule has 0 bridgehead atoms. The van der Waals surface area contributed by atoms with Crippen LogP contribution >= 0.6 is 0 Å². The van der Waals surface area contributed by atoms with Crippen LogP contribution in [0.2, 0.25) is 0 Å². The topological polar surface area (TPSA) is 62.4 Å². The van der Waals surface area contributed by atoms with E-state index in [1.165, 1.54) is 6.07 Å². The highest BCUT2D eigenvalue weighted by Gasteiger charge is 2.24. The number of likely N-dealkylation sites (tertiary alicyclic amines) is 1. The van der Waals surface area contributed by atoms with Gasteiger partial charge < -0.3 is 14.6 Å². The van der Waals surface area contributed by atoms with Crippen molar-refractivity contribution < 1.29 is 9.53 Å². The SMILES string of the molecule is CCCOC1CCCN(C(=O)c2ccc(-c3ccc(=O)[nH]c3)cc2)C1. The molecule has 1 aliphatic rings. The number of amides is 1. The molecule has 5 heteroatoms. The summed E-state index contributed by atoms with van der Waals surface area (Å²) in [6, 6.07) is 10.8. The van der Waals surface area contributed by atoms with Crippen molar-refractivity contribution in [2.75, 3.05) is 19.7 Å². The monoisotopic (exact) mass is 340 g/mol. The van der Waals surface area contributed by atoms with Gasteiger partial charge in [-0.05, 0) is 48.6 Å². The average Bonchev–Trinajstić information content (AvgIpc) is 2.67. The fraction of sp³-hybridized carbons (Fsp3) is 0.400. The minimum Gasteiger partial charge on any atom is -0.376 e. The minimum atomic E-state index is -0.125. The van der Waals surface area contributed by atoms with Crippen molar-refractivity contribution in [2.24, 2.45) is 0 Å². The van der Waals surface area contributed by atoms with Crippen LogP contribution in [0.1, 0.15) is 36.5 Å². The summed E-state index contributed by atoms with van der Waals surface area (Å²) >= 11 is 0. The second-order valence-corrected chi connectivity index (χ2v) is 6.41. The van der Waals surface area contributed by atoms with Gasteiger partial charge in [0.1, 0.15) is 0 Å². The first-order valence-electron chi connectivity index (χ1n) is 8.87. The van der Waals surface area contributed by atoms with Crippen LogP contribution in [0.3, 0.4) is 0 Å². The maximum Gasteiger partial charge on any atom is 0.253 e. The van der Waals surface area contributed by atoms with Crippen LogP contribution in [0.5, 0.6) is 0 Å². The number of aromatic amines is 1. The largest absolute Gasteiger partial charge is 0.376 e. The summed E-state index contributed by atoms with van der Waals surface area (Å²) in [7, 11) is 0. The average molecular weight is 340 g/mol. The zero-order valence-electron chi connectivity index (χ0n) is 14.5. The Labute approximate surface area is 147 Å². The first kappa shape index (κ1) is 17.4. The minimum absolute atomic E-state index is 0.0535. The van der Waals surface area contributed by atoms with Gasteiger partial charge >= 0.3 is 0 Å². The molecule has 1 unspecified atom stereocenters. The first-order valence-corrected chi connectivity index (χ1v) is 8.87. The van der Waals surface area contributed by atoms with E-state index in [-0.39, 0.29) is 17.6 Å². The van der Waals surface area contributed by atoms with Gasteiger partial charge in [-0.25, -0.2) is 0 Å². The van der Waals surface area contributed by atoms with Gasteiger partial charge in [0.2, 0.25) is 5.56 Å². The molecule has 1 N–H and O–H groups in total. The number of piperidine rings is 1. The normalized spacial score (nSPS) is 17.5. The Balaban J connectivity index is 1.68. The molecule has 1 atom stereocenters. The molecule has 0 spiro atoms. The molecule has 1 saturated heterocycles. The lowest BCUT2D eigenvalue weighted by Crippen LogP contribution is -2.43. The van der Waals surface area contributed by atoms with Gasteiger partial charge in [-0.1, -0.05) is 19.1 Å². The molecule has 0 radical (unpaired) electrons. The predicted molar refractivity (Wildman–Crippen MR) is 97.7 cm³/mol. The third-order valence-corrected chi connectivity index (χ3v) is 4.47. The number of nitrogens with one attached hydrogen (secondary N) is 1. The van der Waals surface area contributed by atoms with E-state index >= 15 is 0 Å². The number of pyridine rings is 1. The zero-order valence-corrected chi connectivity index (χ0v) is 14.5. The second-order valence-electron chi connectivity index (χ2n) is 6.41. The smallest absolute Gasteiger partial charge is 0.253 e. The van der Waals surface area contributed by atoms with E-state index in [2.05, 4.69) is 11.9 Å². The van der Waals surface area contributed by atoms with Crippen LogP contribution in [0.25, 0.3) is 11.1 Å².